The van der Waals surface area contributed by atoms with Gasteiger partial charge in [0.1, 0.15) is 23.0 Å². The molecule has 3 rings (SSSR count). The Kier molecular flexibility index (Phi) is 10.5. The Labute approximate surface area is 191 Å². The van der Waals surface area contributed by atoms with Crippen LogP contribution in [-0.2, 0) is 9.47 Å². The van der Waals surface area contributed by atoms with Crippen LogP contribution in [-0.4, -0.2) is 39.0 Å². The molecule has 0 bridgehead atoms. The Morgan fingerprint density at radius 1 is 0.594 bits per heavy atom. The fourth-order valence-electron chi connectivity index (χ4n) is 3.25. The van der Waals surface area contributed by atoms with Gasteiger partial charge in [0, 0.05) is 0 Å². The van der Waals surface area contributed by atoms with Crippen LogP contribution in [0.15, 0.2) is 48.5 Å². The summed E-state index contributed by atoms with van der Waals surface area (Å²) in [6, 6.07) is 15.1. The Hall–Kier alpha value is -2.44. The highest BCUT2D eigenvalue weighted by Gasteiger charge is 2.31. The number of rotatable bonds is 14. The van der Waals surface area contributed by atoms with Crippen molar-refractivity contribution in [1.82, 2.24) is 0 Å². The highest BCUT2D eigenvalue weighted by Crippen LogP contribution is 2.25. The van der Waals surface area contributed by atoms with Gasteiger partial charge < -0.3 is 28.4 Å². The van der Waals surface area contributed by atoms with Gasteiger partial charge in [-0.05, 0) is 61.4 Å². The van der Waals surface area contributed by atoms with Crippen molar-refractivity contribution in [2.45, 2.75) is 65.0 Å². The monoisotopic (exact) mass is 444 g/mol. The van der Waals surface area contributed by atoms with Crippen LogP contribution in [0.2, 0.25) is 0 Å². The normalized spacial score (nSPS) is 18.2. The summed E-state index contributed by atoms with van der Waals surface area (Å²) in [4.78, 5) is 0. The molecule has 176 valence electrons. The summed E-state index contributed by atoms with van der Waals surface area (Å²) in [6.45, 7) is 6.72. The molecule has 0 aromatic heterocycles. The van der Waals surface area contributed by atoms with Crippen molar-refractivity contribution in [3.63, 3.8) is 0 Å². The van der Waals surface area contributed by atoms with E-state index in [4.69, 9.17) is 28.4 Å². The zero-order valence-corrected chi connectivity index (χ0v) is 19.3. The molecule has 2 aromatic carbocycles. The van der Waals surface area contributed by atoms with Crippen LogP contribution in [0.3, 0.4) is 0 Å². The van der Waals surface area contributed by atoms with E-state index < -0.39 is 12.6 Å². The molecule has 0 spiro atoms. The lowest BCUT2D eigenvalue weighted by Crippen LogP contribution is -2.45. The first kappa shape index (κ1) is 24.2. The Morgan fingerprint density at radius 3 is 1.34 bits per heavy atom. The quantitative estimate of drug-likeness (QED) is 0.334. The minimum Gasteiger partial charge on any atom is -0.494 e. The summed E-state index contributed by atoms with van der Waals surface area (Å²) < 4.78 is 35.0. The largest absolute Gasteiger partial charge is 0.494 e. The second-order valence-electron chi connectivity index (χ2n) is 7.77. The molecule has 2 aromatic rings. The number of hydrogen-bond donors (Lipinski definition) is 0. The van der Waals surface area contributed by atoms with Gasteiger partial charge in [0.25, 0.3) is 12.6 Å². The Morgan fingerprint density at radius 2 is 0.969 bits per heavy atom. The van der Waals surface area contributed by atoms with Crippen molar-refractivity contribution in [3.8, 4) is 23.0 Å². The summed E-state index contributed by atoms with van der Waals surface area (Å²) >= 11 is 0. The molecular formula is C26H36O6. The number of benzene rings is 2. The van der Waals surface area contributed by atoms with Gasteiger partial charge in [0.15, 0.2) is 0 Å². The molecule has 6 heteroatoms. The maximum atomic E-state index is 5.99. The van der Waals surface area contributed by atoms with Crippen LogP contribution >= 0.6 is 0 Å². The summed E-state index contributed by atoms with van der Waals surface area (Å²) in [7, 11) is 0. The molecule has 1 fully saturated rings. The Balaban J connectivity index is 1.49. The van der Waals surface area contributed by atoms with Gasteiger partial charge in [0.2, 0.25) is 0 Å². The SMILES string of the molecule is CCCCCOc1ccc(O[C@@H]2OCCO[C@H]2Oc2ccc(OCCCCC)cc2)cc1. The van der Waals surface area contributed by atoms with E-state index in [1.165, 1.54) is 25.7 Å². The zero-order chi connectivity index (χ0) is 22.4. The van der Waals surface area contributed by atoms with Crippen molar-refractivity contribution in [1.29, 1.82) is 0 Å². The predicted octanol–water partition coefficient (Wildman–Crippen LogP) is 5.98. The smallest absolute Gasteiger partial charge is 0.263 e. The average molecular weight is 445 g/mol. The van der Waals surface area contributed by atoms with Crippen LogP contribution in [0.4, 0.5) is 0 Å². The first-order chi connectivity index (χ1) is 15.8. The van der Waals surface area contributed by atoms with E-state index in [2.05, 4.69) is 13.8 Å². The summed E-state index contributed by atoms with van der Waals surface area (Å²) in [5.74, 6) is 3.01. The van der Waals surface area contributed by atoms with Crippen molar-refractivity contribution >= 4 is 0 Å². The van der Waals surface area contributed by atoms with E-state index in [9.17, 15) is 0 Å². The second kappa shape index (κ2) is 13.9. The summed E-state index contributed by atoms with van der Waals surface area (Å²) in [5.41, 5.74) is 0. The lowest BCUT2D eigenvalue weighted by Gasteiger charge is -2.31. The minimum atomic E-state index is -0.662. The number of ether oxygens (including phenoxy) is 6. The topological polar surface area (TPSA) is 55.4 Å². The maximum absolute atomic E-state index is 5.99. The van der Waals surface area contributed by atoms with Crippen LogP contribution in [0.1, 0.15) is 52.4 Å². The zero-order valence-electron chi connectivity index (χ0n) is 19.3. The van der Waals surface area contributed by atoms with E-state index in [0.717, 1.165) is 37.6 Å². The number of hydrogen-bond acceptors (Lipinski definition) is 6. The molecule has 1 aliphatic heterocycles. The molecule has 0 unspecified atom stereocenters. The highest BCUT2D eigenvalue weighted by atomic mass is 16.8. The van der Waals surface area contributed by atoms with E-state index in [1.807, 2.05) is 48.5 Å². The molecule has 1 saturated heterocycles. The van der Waals surface area contributed by atoms with E-state index in [1.54, 1.807) is 0 Å². The maximum Gasteiger partial charge on any atom is 0.263 e. The molecule has 0 amide bonds. The fourth-order valence-corrected chi connectivity index (χ4v) is 3.25. The molecule has 1 aliphatic rings. The van der Waals surface area contributed by atoms with Gasteiger partial charge in [-0.25, -0.2) is 0 Å². The standard InChI is InChI=1S/C26H36O6/c1-3-5-7-17-27-21-9-13-23(14-10-21)31-25-26(30-20-19-29-25)32-24-15-11-22(12-16-24)28-18-8-6-4-2/h9-16,25-26H,3-8,17-20H2,1-2H3/t25-,26-/m0/s1. The molecule has 6 nitrogen and oxygen atoms in total. The fraction of sp³-hybridized carbons (Fsp3) is 0.538. The molecule has 1 heterocycles. The van der Waals surface area contributed by atoms with Gasteiger partial charge in [-0.3, -0.25) is 0 Å². The van der Waals surface area contributed by atoms with Gasteiger partial charge in [-0.1, -0.05) is 39.5 Å². The van der Waals surface area contributed by atoms with Crippen LogP contribution in [0.5, 0.6) is 23.0 Å². The van der Waals surface area contributed by atoms with Crippen molar-refractivity contribution in [2.24, 2.45) is 0 Å². The van der Waals surface area contributed by atoms with Crippen LogP contribution < -0.4 is 18.9 Å². The molecule has 0 aliphatic carbocycles. The van der Waals surface area contributed by atoms with Crippen molar-refractivity contribution in [2.75, 3.05) is 26.4 Å². The average Bonchev–Trinajstić information content (AvgIpc) is 2.83. The third-order valence-corrected chi connectivity index (χ3v) is 5.05. The Bertz CT molecular complexity index is 680. The first-order valence-corrected chi connectivity index (χ1v) is 11.8. The molecular weight excluding hydrogens is 408 g/mol. The highest BCUT2D eigenvalue weighted by molar-refractivity contribution is 5.32. The lowest BCUT2D eigenvalue weighted by molar-refractivity contribution is -0.271. The second-order valence-corrected chi connectivity index (χ2v) is 7.77. The molecule has 2 atom stereocenters. The first-order valence-electron chi connectivity index (χ1n) is 11.8. The molecule has 32 heavy (non-hydrogen) atoms. The predicted molar refractivity (Wildman–Crippen MR) is 124 cm³/mol. The van der Waals surface area contributed by atoms with Crippen LogP contribution in [0, 0.1) is 0 Å². The van der Waals surface area contributed by atoms with E-state index >= 15 is 0 Å². The molecule has 0 saturated carbocycles. The lowest BCUT2D eigenvalue weighted by atomic mass is 10.2. The van der Waals surface area contributed by atoms with Gasteiger partial charge in [0.05, 0.1) is 26.4 Å². The molecule has 0 radical (unpaired) electrons. The summed E-state index contributed by atoms with van der Waals surface area (Å²) in [5, 5.41) is 0. The van der Waals surface area contributed by atoms with Gasteiger partial charge in [-0.15, -0.1) is 0 Å². The third kappa shape index (κ3) is 8.24. The van der Waals surface area contributed by atoms with E-state index in [-0.39, 0.29) is 0 Å². The van der Waals surface area contributed by atoms with Gasteiger partial charge >= 0.3 is 0 Å². The third-order valence-electron chi connectivity index (χ3n) is 5.05. The number of unbranched alkanes of at least 4 members (excludes halogenated alkanes) is 4. The van der Waals surface area contributed by atoms with Crippen molar-refractivity contribution < 1.29 is 28.4 Å². The van der Waals surface area contributed by atoms with Gasteiger partial charge in [-0.2, -0.15) is 0 Å². The minimum absolute atomic E-state index is 0.452. The summed E-state index contributed by atoms with van der Waals surface area (Å²) in [6.07, 6.45) is 5.52. The van der Waals surface area contributed by atoms with Crippen LogP contribution in [0.25, 0.3) is 0 Å². The molecule has 0 N–H and O–H groups in total. The van der Waals surface area contributed by atoms with Crippen molar-refractivity contribution in [3.05, 3.63) is 48.5 Å². The van der Waals surface area contributed by atoms with E-state index in [0.29, 0.717) is 24.7 Å².